The maximum Gasteiger partial charge on any atom is 0.223 e. The lowest BCUT2D eigenvalue weighted by molar-refractivity contribution is 0.945. The number of imidazole rings is 1. The van der Waals surface area contributed by atoms with Crippen molar-refractivity contribution in [3.8, 4) is 0 Å². The molecule has 0 bridgehead atoms. The molecule has 0 spiro atoms. The molecular formula is C6H6ClN5. The molecule has 2 aromatic rings. The van der Waals surface area contributed by atoms with E-state index in [1.165, 1.54) is 0 Å². The van der Waals surface area contributed by atoms with E-state index in [-0.39, 0.29) is 5.95 Å². The summed E-state index contributed by atoms with van der Waals surface area (Å²) in [5, 5.41) is 0.331. The second-order valence-electron chi connectivity index (χ2n) is 2.40. The van der Waals surface area contributed by atoms with Gasteiger partial charge in [0, 0.05) is 7.05 Å². The molecule has 2 heterocycles. The minimum atomic E-state index is 0.145. The number of halogens is 1. The predicted octanol–water partition coefficient (Wildman–Crippen LogP) is 0.599. The molecule has 0 unspecified atom stereocenters. The van der Waals surface area contributed by atoms with Crippen molar-refractivity contribution in [2.24, 2.45) is 7.05 Å². The normalized spacial score (nSPS) is 10.8. The van der Waals surface area contributed by atoms with E-state index < -0.39 is 0 Å². The molecule has 0 saturated carbocycles. The third-order valence-corrected chi connectivity index (χ3v) is 1.81. The molecule has 0 aliphatic rings. The highest BCUT2D eigenvalue weighted by molar-refractivity contribution is 6.33. The van der Waals surface area contributed by atoms with Crippen LogP contribution in [0.25, 0.3) is 11.2 Å². The number of hydrogen-bond donors (Lipinski definition) is 1. The fourth-order valence-electron chi connectivity index (χ4n) is 1.02. The largest absolute Gasteiger partial charge is 0.368 e. The summed E-state index contributed by atoms with van der Waals surface area (Å²) in [5.74, 6) is 0.145. The number of anilines is 1. The number of aryl methyl sites for hydroxylation is 1. The lowest BCUT2D eigenvalue weighted by atomic mass is 10.5. The fraction of sp³-hybridized carbons (Fsp3) is 0.167. The van der Waals surface area contributed by atoms with Crippen LogP contribution in [-0.4, -0.2) is 19.5 Å². The maximum atomic E-state index is 5.82. The van der Waals surface area contributed by atoms with Gasteiger partial charge in [0.15, 0.2) is 10.8 Å². The Morgan fingerprint density at radius 3 is 3.00 bits per heavy atom. The van der Waals surface area contributed by atoms with Crippen LogP contribution in [0.1, 0.15) is 0 Å². The van der Waals surface area contributed by atoms with Crippen LogP contribution in [0.5, 0.6) is 0 Å². The monoisotopic (exact) mass is 183 g/mol. The second-order valence-corrected chi connectivity index (χ2v) is 2.76. The average Bonchev–Trinajstić information content (AvgIpc) is 2.31. The Hall–Kier alpha value is -1.36. The van der Waals surface area contributed by atoms with Gasteiger partial charge in [-0.25, -0.2) is 4.98 Å². The molecule has 62 valence electrons. The van der Waals surface area contributed by atoms with Crippen molar-refractivity contribution in [2.75, 3.05) is 5.73 Å². The number of fused-ring (bicyclic) bond motifs is 1. The summed E-state index contributed by atoms with van der Waals surface area (Å²) in [6, 6.07) is 0. The van der Waals surface area contributed by atoms with Crippen molar-refractivity contribution in [3.63, 3.8) is 0 Å². The number of nitrogens with two attached hydrogens (primary N) is 1. The van der Waals surface area contributed by atoms with E-state index in [0.717, 1.165) is 0 Å². The fourth-order valence-corrected chi connectivity index (χ4v) is 1.33. The van der Waals surface area contributed by atoms with Gasteiger partial charge in [0.1, 0.15) is 5.52 Å². The van der Waals surface area contributed by atoms with Crippen LogP contribution in [0.4, 0.5) is 5.95 Å². The van der Waals surface area contributed by atoms with Gasteiger partial charge in [-0.15, -0.1) is 0 Å². The van der Waals surface area contributed by atoms with Crippen LogP contribution in [-0.2, 0) is 7.05 Å². The molecule has 0 atom stereocenters. The first kappa shape index (κ1) is 7.30. The minimum Gasteiger partial charge on any atom is -0.368 e. The van der Waals surface area contributed by atoms with Gasteiger partial charge in [-0.1, -0.05) is 11.6 Å². The van der Waals surface area contributed by atoms with Crippen molar-refractivity contribution in [1.82, 2.24) is 19.5 Å². The smallest absolute Gasteiger partial charge is 0.223 e. The zero-order valence-corrected chi connectivity index (χ0v) is 7.08. The third kappa shape index (κ3) is 0.902. The van der Waals surface area contributed by atoms with Crippen LogP contribution in [0.15, 0.2) is 6.33 Å². The Bertz CT molecular complexity index is 435. The van der Waals surface area contributed by atoms with Gasteiger partial charge in [0.25, 0.3) is 0 Å². The highest BCUT2D eigenvalue weighted by Crippen LogP contribution is 2.18. The van der Waals surface area contributed by atoms with Crippen molar-refractivity contribution in [3.05, 3.63) is 11.5 Å². The summed E-state index contributed by atoms with van der Waals surface area (Å²) in [5.41, 5.74) is 6.60. The van der Waals surface area contributed by atoms with E-state index in [0.29, 0.717) is 16.3 Å². The SMILES string of the molecule is Cn1cnc2nc(N)nc(Cl)c21. The summed E-state index contributed by atoms with van der Waals surface area (Å²) < 4.78 is 1.75. The highest BCUT2D eigenvalue weighted by Gasteiger charge is 2.07. The minimum absolute atomic E-state index is 0.145. The third-order valence-electron chi connectivity index (χ3n) is 1.55. The molecule has 0 aromatic carbocycles. The van der Waals surface area contributed by atoms with E-state index in [9.17, 15) is 0 Å². The molecule has 2 rings (SSSR count). The van der Waals surface area contributed by atoms with E-state index in [2.05, 4.69) is 15.0 Å². The Balaban J connectivity index is 2.93. The standard InChI is InChI=1S/C6H6ClN5/c1-12-2-9-5-3(12)4(7)10-6(8)11-5/h2H,1H3,(H2,8,10,11). The van der Waals surface area contributed by atoms with Gasteiger partial charge < -0.3 is 10.3 Å². The zero-order valence-electron chi connectivity index (χ0n) is 6.32. The lowest BCUT2D eigenvalue weighted by Gasteiger charge is -1.96. The Kier molecular flexibility index (Phi) is 1.41. The Labute approximate surface area is 73.2 Å². The lowest BCUT2D eigenvalue weighted by Crippen LogP contribution is -1.96. The molecule has 0 saturated heterocycles. The van der Waals surface area contributed by atoms with Gasteiger partial charge in [-0.05, 0) is 0 Å². The number of nitrogen functional groups attached to an aromatic ring is 1. The van der Waals surface area contributed by atoms with Crippen molar-refractivity contribution in [1.29, 1.82) is 0 Å². The Morgan fingerprint density at radius 2 is 2.25 bits per heavy atom. The maximum absolute atomic E-state index is 5.82. The molecule has 2 aromatic heterocycles. The van der Waals surface area contributed by atoms with Crippen molar-refractivity contribution < 1.29 is 0 Å². The first-order valence-corrected chi connectivity index (χ1v) is 3.66. The summed E-state index contributed by atoms with van der Waals surface area (Å²) in [7, 11) is 1.82. The van der Waals surface area contributed by atoms with E-state index in [1.807, 2.05) is 7.05 Å². The van der Waals surface area contributed by atoms with Crippen molar-refractivity contribution in [2.45, 2.75) is 0 Å². The molecule has 0 aliphatic carbocycles. The van der Waals surface area contributed by atoms with Crippen LogP contribution in [0.3, 0.4) is 0 Å². The first-order chi connectivity index (χ1) is 5.68. The summed E-state index contributed by atoms with van der Waals surface area (Å²) in [6.45, 7) is 0. The van der Waals surface area contributed by atoms with Crippen LogP contribution >= 0.6 is 11.6 Å². The highest BCUT2D eigenvalue weighted by atomic mass is 35.5. The molecular weight excluding hydrogens is 178 g/mol. The molecule has 0 radical (unpaired) electrons. The molecule has 12 heavy (non-hydrogen) atoms. The average molecular weight is 184 g/mol. The van der Waals surface area contributed by atoms with Gasteiger partial charge >= 0.3 is 0 Å². The number of rotatable bonds is 0. The topological polar surface area (TPSA) is 69.6 Å². The van der Waals surface area contributed by atoms with Crippen LogP contribution < -0.4 is 5.73 Å². The molecule has 2 N–H and O–H groups in total. The second kappa shape index (κ2) is 2.31. The number of aromatic nitrogens is 4. The summed E-state index contributed by atoms with van der Waals surface area (Å²) >= 11 is 5.82. The van der Waals surface area contributed by atoms with Gasteiger partial charge in [0.2, 0.25) is 5.95 Å². The molecule has 6 heteroatoms. The Morgan fingerprint density at radius 1 is 1.50 bits per heavy atom. The van der Waals surface area contributed by atoms with Crippen LogP contribution in [0, 0.1) is 0 Å². The number of hydrogen-bond acceptors (Lipinski definition) is 4. The van der Waals surface area contributed by atoms with Crippen LogP contribution in [0.2, 0.25) is 5.15 Å². The number of nitrogens with zero attached hydrogens (tertiary/aromatic N) is 4. The first-order valence-electron chi connectivity index (χ1n) is 3.28. The zero-order chi connectivity index (χ0) is 8.72. The van der Waals surface area contributed by atoms with Gasteiger partial charge in [-0.2, -0.15) is 9.97 Å². The van der Waals surface area contributed by atoms with E-state index in [4.69, 9.17) is 17.3 Å². The van der Waals surface area contributed by atoms with E-state index >= 15 is 0 Å². The summed E-state index contributed by atoms with van der Waals surface area (Å²) in [6.07, 6.45) is 1.62. The molecule has 0 aliphatic heterocycles. The molecule has 0 amide bonds. The van der Waals surface area contributed by atoms with Gasteiger partial charge in [0.05, 0.1) is 6.33 Å². The predicted molar refractivity (Wildman–Crippen MR) is 45.7 cm³/mol. The van der Waals surface area contributed by atoms with Crippen molar-refractivity contribution >= 4 is 28.7 Å². The van der Waals surface area contributed by atoms with E-state index in [1.54, 1.807) is 10.9 Å². The molecule has 0 fully saturated rings. The summed E-state index contributed by atoms with van der Waals surface area (Å²) in [4.78, 5) is 11.7. The molecule has 5 nitrogen and oxygen atoms in total. The van der Waals surface area contributed by atoms with Gasteiger partial charge in [-0.3, -0.25) is 0 Å². The quantitative estimate of drug-likeness (QED) is 0.608.